The van der Waals surface area contributed by atoms with E-state index in [-0.39, 0.29) is 29.9 Å². The molecule has 158 valence electrons. The number of nitro benzene ring substituents is 1. The number of ether oxygens (including phenoxy) is 2. The minimum Gasteiger partial charge on any atom is -0.468 e. The van der Waals surface area contributed by atoms with Crippen molar-refractivity contribution in [2.75, 3.05) is 20.8 Å². The summed E-state index contributed by atoms with van der Waals surface area (Å²) < 4.78 is 15.6. The van der Waals surface area contributed by atoms with Crippen LogP contribution in [-0.2, 0) is 20.1 Å². The van der Waals surface area contributed by atoms with Crippen molar-refractivity contribution in [3.05, 3.63) is 57.4 Å². The number of non-ortho nitro benzene ring substituents is 1. The Bertz CT molecular complexity index is 1030. The highest BCUT2D eigenvalue weighted by Crippen LogP contribution is 2.44. The molecule has 1 aromatic carbocycles. The first-order valence-electron chi connectivity index (χ1n) is 8.89. The van der Waals surface area contributed by atoms with Crippen LogP contribution in [0.5, 0.6) is 0 Å². The van der Waals surface area contributed by atoms with Gasteiger partial charge in [0.15, 0.2) is 5.82 Å². The van der Waals surface area contributed by atoms with Crippen LogP contribution in [-0.4, -0.2) is 47.6 Å². The molecule has 0 radical (unpaired) electrons. The van der Waals surface area contributed by atoms with Crippen LogP contribution in [0.3, 0.4) is 0 Å². The third kappa shape index (κ3) is 4.10. The van der Waals surface area contributed by atoms with Gasteiger partial charge in [0.1, 0.15) is 5.92 Å². The fourth-order valence-electron chi connectivity index (χ4n) is 3.49. The van der Waals surface area contributed by atoms with E-state index < -0.39 is 22.7 Å². The first kappa shape index (κ1) is 21.6. The van der Waals surface area contributed by atoms with Crippen molar-refractivity contribution in [3.8, 4) is 0 Å². The molecule has 0 N–H and O–H groups in total. The Hall–Kier alpha value is -3.11. The fraction of sp³-hybridized carbons (Fsp3) is 0.368. The van der Waals surface area contributed by atoms with Crippen molar-refractivity contribution < 1.29 is 23.7 Å². The van der Waals surface area contributed by atoms with Gasteiger partial charge < -0.3 is 14.0 Å². The molecule has 10 nitrogen and oxygen atoms in total. The molecular weight excluding hydrogens is 416 g/mol. The number of carbonyl (C=O) groups is 1. The number of aromatic nitrogens is 2. The molecule has 30 heavy (non-hydrogen) atoms. The largest absolute Gasteiger partial charge is 0.468 e. The van der Waals surface area contributed by atoms with Crippen molar-refractivity contribution in [1.29, 1.82) is 0 Å². The topological polar surface area (TPSA) is 130 Å². The summed E-state index contributed by atoms with van der Waals surface area (Å²) in [6.45, 7) is 1.81. The number of hydrogen-bond acceptors (Lipinski definition) is 9. The third-order valence-corrected chi connectivity index (χ3v) is 4.95. The van der Waals surface area contributed by atoms with Crippen LogP contribution in [0.25, 0.3) is 5.57 Å². The van der Waals surface area contributed by atoms with Crippen molar-refractivity contribution in [2.45, 2.75) is 18.7 Å². The summed E-state index contributed by atoms with van der Waals surface area (Å²) in [7, 11) is 2.75. The lowest BCUT2D eigenvalue weighted by molar-refractivity contribution is -0.384. The maximum atomic E-state index is 12.8. The molecule has 2 aromatic rings. The Morgan fingerprint density at radius 2 is 2.13 bits per heavy atom. The molecule has 3 rings (SSSR count). The van der Waals surface area contributed by atoms with Crippen LogP contribution in [0.1, 0.15) is 30.1 Å². The third-order valence-electron chi connectivity index (χ3n) is 4.71. The zero-order valence-corrected chi connectivity index (χ0v) is 17.3. The Kier molecular flexibility index (Phi) is 6.58. The number of rotatable bonds is 7. The van der Waals surface area contributed by atoms with Gasteiger partial charge in [0.05, 0.1) is 30.2 Å². The Balaban J connectivity index is 2.26. The minimum atomic E-state index is -0.901. The molecule has 0 bridgehead atoms. The highest BCUT2D eigenvalue weighted by molar-refractivity contribution is 6.16. The SMILES string of the molecule is COCC1=NC(C)=C(c2nc(CCl)no2)C(c2cccc([N+](=O)[O-])c2)C1C(=O)OC. The number of nitrogens with zero attached hydrogens (tertiary/aromatic N) is 4. The second-order valence-electron chi connectivity index (χ2n) is 6.52. The first-order chi connectivity index (χ1) is 14.4. The molecule has 1 aliphatic heterocycles. The Labute approximate surface area is 176 Å². The van der Waals surface area contributed by atoms with Crippen LogP contribution in [0, 0.1) is 16.0 Å². The lowest BCUT2D eigenvalue weighted by Crippen LogP contribution is -2.37. The molecule has 0 spiro atoms. The van der Waals surface area contributed by atoms with Crippen LogP contribution in [0.2, 0.25) is 0 Å². The van der Waals surface area contributed by atoms with Gasteiger partial charge in [-0.2, -0.15) is 4.98 Å². The number of aliphatic imine (C=N–C) groups is 1. The molecule has 0 fully saturated rings. The number of methoxy groups -OCH3 is 2. The van der Waals surface area contributed by atoms with Gasteiger partial charge >= 0.3 is 5.97 Å². The van der Waals surface area contributed by atoms with Gasteiger partial charge in [-0.25, -0.2) is 0 Å². The number of halogens is 1. The second kappa shape index (κ2) is 9.14. The van der Waals surface area contributed by atoms with E-state index in [1.54, 1.807) is 19.1 Å². The molecule has 11 heteroatoms. The highest BCUT2D eigenvalue weighted by Gasteiger charge is 2.43. The van der Waals surface area contributed by atoms with E-state index in [4.69, 9.17) is 25.6 Å². The normalized spacial score (nSPS) is 18.9. The number of allylic oxidation sites excluding steroid dienone is 2. The smallest absolute Gasteiger partial charge is 0.315 e. The van der Waals surface area contributed by atoms with Crippen LogP contribution in [0.15, 0.2) is 39.5 Å². The number of hydrogen-bond donors (Lipinski definition) is 0. The molecule has 0 amide bonds. The predicted molar refractivity (Wildman–Crippen MR) is 107 cm³/mol. The van der Waals surface area contributed by atoms with Crippen molar-refractivity contribution in [2.24, 2.45) is 10.9 Å². The maximum Gasteiger partial charge on any atom is 0.315 e. The summed E-state index contributed by atoms with van der Waals surface area (Å²) >= 11 is 5.80. The fourth-order valence-corrected chi connectivity index (χ4v) is 3.60. The average Bonchev–Trinajstić information content (AvgIpc) is 3.21. The molecular formula is C19H19ClN4O6. The first-order valence-corrected chi connectivity index (χ1v) is 9.43. The van der Waals surface area contributed by atoms with Crippen LogP contribution in [0.4, 0.5) is 5.69 Å². The highest BCUT2D eigenvalue weighted by atomic mass is 35.5. The summed E-state index contributed by atoms with van der Waals surface area (Å²) in [5, 5.41) is 15.1. The van der Waals surface area contributed by atoms with E-state index in [9.17, 15) is 14.9 Å². The standard InChI is InChI=1S/C19H19ClN4O6/c1-10-15(18-22-14(8-20)23-30-18)16(11-5-4-6-12(7-11)24(26)27)17(19(25)29-3)13(21-10)9-28-2/h4-7,16-17H,8-9H2,1-3H3. The molecule has 1 aliphatic rings. The second-order valence-corrected chi connectivity index (χ2v) is 6.78. The van der Waals surface area contributed by atoms with Crippen molar-refractivity contribution in [1.82, 2.24) is 10.1 Å². The van der Waals surface area contributed by atoms with Crippen LogP contribution >= 0.6 is 11.6 Å². The summed E-state index contributed by atoms with van der Waals surface area (Å²) in [5.74, 6) is -1.74. The monoisotopic (exact) mass is 434 g/mol. The number of alkyl halides is 1. The van der Waals surface area contributed by atoms with E-state index in [0.717, 1.165) is 0 Å². The zero-order valence-electron chi connectivity index (χ0n) is 16.5. The van der Waals surface area contributed by atoms with Gasteiger partial charge in [0.25, 0.3) is 11.6 Å². The van der Waals surface area contributed by atoms with Gasteiger partial charge in [-0.05, 0) is 12.5 Å². The van der Waals surface area contributed by atoms with Gasteiger partial charge in [-0.1, -0.05) is 17.3 Å². The Morgan fingerprint density at radius 1 is 1.37 bits per heavy atom. The average molecular weight is 435 g/mol. The Morgan fingerprint density at radius 3 is 2.73 bits per heavy atom. The lowest BCUT2D eigenvalue weighted by atomic mass is 9.75. The van der Waals surface area contributed by atoms with Gasteiger partial charge in [0.2, 0.25) is 0 Å². The van der Waals surface area contributed by atoms with E-state index in [2.05, 4.69) is 15.1 Å². The molecule has 1 aromatic heterocycles. The summed E-state index contributed by atoms with van der Waals surface area (Å²) in [6.07, 6.45) is 0. The lowest BCUT2D eigenvalue weighted by Gasteiger charge is -2.31. The van der Waals surface area contributed by atoms with Crippen molar-refractivity contribution >= 4 is 34.5 Å². The van der Waals surface area contributed by atoms with Crippen LogP contribution < -0.4 is 0 Å². The molecule has 0 aliphatic carbocycles. The molecule has 2 heterocycles. The number of nitro groups is 1. The van der Waals surface area contributed by atoms with E-state index in [0.29, 0.717) is 22.5 Å². The minimum absolute atomic E-state index is 0.0376. The predicted octanol–water partition coefficient (Wildman–Crippen LogP) is 3.12. The van der Waals surface area contributed by atoms with Gasteiger partial charge in [-0.15, -0.1) is 11.6 Å². The summed E-state index contributed by atoms with van der Waals surface area (Å²) in [4.78, 5) is 32.4. The number of benzene rings is 1. The molecule has 2 atom stereocenters. The number of esters is 1. The van der Waals surface area contributed by atoms with Gasteiger partial charge in [0, 0.05) is 36.4 Å². The van der Waals surface area contributed by atoms with E-state index in [1.165, 1.54) is 26.4 Å². The summed E-state index contributed by atoms with van der Waals surface area (Å²) in [5.41, 5.74) is 1.80. The van der Waals surface area contributed by atoms with E-state index in [1.807, 2.05) is 0 Å². The quantitative estimate of drug-likeness (QED) is 0.281. The summed E-state index contributed by atoms with van der Waals surface area (Å²) in [6, 6.07) is 6.02. The maximum absolute atomic E-state index is 12.8. The van der Waals surface area contributed by atoms with Crippen molar-refractivity contribution in [3.63, 3.8) is 0 Å². The zero-order chi connectivity index (χ0) is 21.8. The number of carbonyl (C=O) groups excluding carboxylic acids is 1. The molecule has 2 unspecified atom stereocenters. The van der Waals surface area contributed by atoms with E-state index >= 15 is 0 Å². The van der Waals surface area contributed by atoms with Gasteiger partial charge in [-0.3, -0.25) is 19.9 Å². The molecule has 0 saturated carbocycles. The molecule has 0 saturated heterocycles.